The Hall–Kier alpha value is -6.17. The summed E-state index contributed by atoms with van der Waals surface area (Å²) in [4.78, 5) is 75.9. The zero-order chi connectivity index (χ0) is 49.5. The van der Waals surface area contributed by atoms with Crippen LogP contribution in [0, 0.1) is 12.8 Å². The molecule has 0 radical (unpaired) electrons. The Morgan fingerprint density at radius 3 is 2.36 bits per heavy atom. The number of carbonyl (C=O) groups excluding carboxylic acids is 4. The van der Waals surface area contributed by atoms with Gasteiger partial charge in [-0.15, -0.1) is 0 Å². The van der Waals surface area contributed by atoms with E-state index >= 15 is 0 Å². The Balaban J connectivity index is 0.737. The number of aryl methyl sites for hydroxylation is 1. The number of hydrogen-bond donors (Lipinski definition) is 5. The van der Waals surface area contributed by atoms with Gasteiger partial charge in [0.2, 0.25) is 29.6 Å². The number of imide groups is 1. The van der Waals surface area contributed by atoms with Crippen LogP contribution in [0.4, 0.5) is 40.2 Å². The van der Waals surface area contributed by atoms with Crippen LogP contribution >= 0.6 is 23.1 Å². The summed E-state index contributed by atoms with van der Waals surface area (Å²) in [6.45, 7) is 13.7. The quantitative estimate of drug-likeness (QED) is 0.0472. The van der Waals surface area contributed by atoms with Gasteiger partial charge in [-0.05, 0) is 130 Å². The van der Waals surface area contributed by atoms with E-state index in [2.05, 4.69) is 86.3 Å². The van der Waals surface area contributed by atoms with Crippen molar-refractivity contribution in [2.24, 2.45) is 5.92 Å². The van der Waals surface area contributed by atoms with Gasteiger partial charge in [-0.1, -0.05) is 0 Å². The molecule has 0 aliphatic carbocycles. The summed E-state index contributed by atoms with van der Waals surface area (Å²) in [6, 6.07) is 13.4. The normalized spacial score (nSPS) is 18.8. The molecule has 70 heavy (non-hydrogen) atoms. The lowest BCUT2D eigenvalue weighted by molar-refractivity contribution is -0.136. The first-order chi connectivity index (χ1) is 33.5. The summed E-state index contributed by atoms with van der Waals surface area (Å²) in [6.07, 6.45) is 8.75. The highest BCUT2D eigenvalue weighted by Crippen LogP contribution is 2.46. The molecule has 9 rings (SSSR count). The molecule has 0 spiro atoms. The fourth-order valence-electron chi connectivity index (χ4n) is 10.2. The van der Waals surface area contributed by atoms with Crippen molar-refractivity contribution in [3.63, 3.8) is 0 Å². The Labute approximate surface area is 416 Å². The third-order valence-electron chi connectivity index (χ3n) is 14.0. The molecule has 5 N–H and O–H groups in total. The van der Waals surface area contributed by atoms with Gasteiger partial charge in [0.1, 0.15) is 30.3 Å². The second-order valence-corrected chi connectivity index (χ2v) is 23.5. The van der Waals surface area contributed by atoms with Gasteiger partial charge in [-0.3, -0.25) is 39.4 Å². The van der Waals surface area contributed by atoms with Crippen LogP contribution in [0.2, 0.25) is 0 Å². The molecule has 6 heterocycles. The fraction of sp³-hybridized carbons (Fsp3) is 0.440. The Morgan fingerprint density at radius 2 is 1.63 bits per heavy atom. The average molecular weight is 1040 g/mol. The number of rotatable bonds is 14. The van der Waals surface area contributed by atoms with E-state index in [1.807, 2.05) is 44.2 Å². The fourth-order valence-corrected chi connectivity index (χ4v) is 11.9. The molecule has 2 aromatic heterocycles. The molecule has 20 heteroatoms. The van der Waals surface area contributed by atoms with Crippen molar-refractivity contribution in [3.8, 4) is 5.75 Å². The lowest BCUT2D eigenvalue weighted by atomic mass is 9.85. The second-order valence-electron chi connectivity index (χ2n) is 19.5. The van der Waals surface area contributed by atoms with Crippen LogP contribution in [0.3, 0.4) is 0 Å². The summed E-state index contributed by atoms with van der Waals surface area (Å²) in [5, 5.41) is 16.5. The Morgan fingerprint density at radius 1 is 0.886 bits per heavy atom. The summed E-state index contributed by atoms with van der Waals surface area (Å²) in [5.74, 6) is 0.615. The van der Waals surface area contributed by atoms with Crippen LogP contribution in [0.1, 0.15) is 63.5 Å². The SMILES string of the molecule is COc1cc(N2CCC(NCCNC(=O)C3CCN(c4ccc5c(c4)C(C)(C)C(=O)N5C4CCC(=O)NC4=O)CC3)CC2)c(C)cc1Nc1ncc(Br)c(Nc2ccc3nccnc3c2P(C)(C)=O)n1. The lowest BCUT2D eigenvalue weighted by Crippen LogP contribution is -2.55. The molecule has 368 valence electrons. The van der Waals surface area contributed by atoms with Gasteiger partial charge in [0.05, 0.1) is 39.2 Å². The number of carbonyl (C=O) groups is 4. The number of hydrogen-bond acceptors (Lipinski definition) is 15. The molecule has 3 fully saturated rings. The van der Waals surface area contributed by atoms with Crippen LogP contribution in [0.25, 0.3) is 11.0 Å². The van der Waals surface area contributed by atoms with Crippen molar-refractivity contribution in [1.29, 1.82) is 0 Å². The minimum atomic E-state index is -2.78. The highest BCUT2D eigenvalue weighted by atomic mass is 79.9. The number of methoxy groups -OCH3 is 1. The third kappa shape index (κ3) is 9.92. The van der Waals surface area contributed by atoms with Crippen molar-refractivity contribution in [3.05, 3.63) is 76.7 Å². The molecule has 0 bridgehead atoms. The molecule has 4 aliphatic heterocycles. The maximum Gasteiger partial charge on any atom is 0.249 e. The summed E-state index contributed by atoms with van der Waals surface area (Å²) in [5.41, 5.74) is 6.53. The smallest absolute Gasteiger partial charge is 0.249 e. The number of ether oxygens (including phenoxy) is 1. The predicted molar refractivity (Wildman–Crippen MR) is 277 cm³/mol. The van der Waals surface area contributed by atoms with Crippen molar-refractivity contribution < 1.29 is 28.5 Å². The van der Waals surface area contributed by atoms with Crippen molar-refractivity contribution in [2.45, 2.75) is 76.8 Å². The van der Waals surface area contributed by atoms with Crippen molar-refractivity contribution in [1.82, 2.24) is 35.9 Å². The molecule has 0 saturated carbocycles. The summed E-state index contributed by atoms with van der Waals surface area (Å²) in [7, 11) is -1.14. The summed E-state index contributed by atoms with van der Waals surface area (Å²) >= 11 is 3.58. The standard InChI is InChI=1S/C50H60BrN12O6P/c1-29-25-37(58-49-56-28-34(51)45(60-49)57-36-9-8-35-43(54-19-18-53-35)44(36)70(5,6)68)41(69-4)27-40(29)62-23-15-31(16-24-62)52-17-20-55-46(65)30-13-21-61(22-14-30)32-7-10-38-33(26-32)50(2,3)48(67)63(38)39-11-12-42(64)59-47(39)66/h7-10,18-19,25-28,30-31,39,52H,11-17,20-24H2,1-6H3,(H,55,65)(H,59,64,66)(H2,56,57,58,60). The number of halogens is 1. The van der Waals surface area contributed by atoms with Gasteiger partial charge >= 0.3 is 0 Å². The van der Waals surface area contributed by atoms with E-state index in [-0.39, 0.29) is 30.1 Å². The van der Waals surface area contributed by atoms with Crippen LogP contribution < -0.4 is 51.3 Å². The van der Waals surface area contributed by atoms with Gasteiger partial charge in [-0.25, -0.2) is 4.98 Å². The molecule has 1 unspecified atom stereocenters. The highest BCUT2D eigenvalue weighted by molar-refractivity contribution is 9.10. The van der Waals surface area contributed by atoms with E-state index in [0.717, 1.165) is 80.1 Å². The van der Waals surface area contributed by atoms with E-state index in [0.29, 0.717) is 75.3 Å². The number of amides is 4. The van der Waals surface area contributed by atoms with E-state index < -0.39 is 24.5 Å². The Kier molecular flexibility index (Phi) is 13.9. The van der Waals surface area contributed by atoms with Crippen LogP contribution in [0.15, 0.2) is 65.5 Å². The molecule has 1 atom stereocenters. The van der Waals surface area contributed by atoms with E-state index in [4.69, 9.17) is 9.72 Å². The second kappa shape index (κ2) is 19.9. The van der Waals surface area contributed by atoms with E-state index in [1.165, 1.54) is 0 Å². The number of aromatic nitrogens is 4. The molecule has 18 nitrogen and oxygen atoms in total. The first-order valence-electron chi connectivity index (χ1n) is 23.9. The van der Waals surface area contributed by atoms with Crippen LogP contribution in [0.5, 0.6) is 5.75 Å². The number of nitrogens with zero attached hydrogens (tertiary/aromatic N) is 7. The van der Waals surface area contributed by atoms with Gasteiger partial charge < -0.3 is 40.4 Å². The van der Waals surface area contributed by atoms with Crippen molar-refractivity contribution in [2.75, 3.05) is 85.0 Å². The lowest BCUT2D eigenvalue weighted by Gasteiger charge is -2.35. The topological polar surface area (TPSA) is 216 Å². The average Bonchev–Trinajstić information content (AvgIpc) is 3.54. The maximum atomic E-state index is 13.6. The Bertz CT molecular complexity index is 2920. The zero-order valence-electron chi connectivity index (χ0n) is 40.4. The van der Waals surface area contributed by atoms with Crippen LogP contribution in [-0.2, 0) is 29.2 Å². The number of nitrogens with one attached hydrogen (secondary N) is 5. The minimum absolute atomic E-state index is 0.0709. The minimum Gasteiger partial charge on any atom is -0.494 e. The molecule has 5 aromatic rings. The molecule has 4 amide bonds. The van der Waals surface area contributed by atoms with Gasteiger partial charge in [0.15, 0.2) is 0 Å². The third-order valence-corrected chi connectivity index (χ3v) is 16.1. The molecule has 3 saturated heterocycles. The summed E-state index contributed by atoms with van der Waals surface area (Å²) < 4.78 is 20.0. The van der Waals surface area contributed by atoms with E-state index in [9.17, 15) is 23.7 Å². The monoisotopic (exact) mass is 1030 g/mol. The molecular weight excluding hydrogens is 976 g/mol. The molecule has 4 aliphatic rings. The number of anilines is 7. The highest BCUT2D eigenvalue weighted by Gasteiger charge is 2.49. The zero-order valence-corrected chi connectivity index (χ0v) is 42.9. The van der Waals surface area contributed by atoms with E-state index in [1.54, 1.807) is 43.9 Å². The van der Waals surface area contributed by atoms with Gasteiger partial charge in [0, 0.05) is 99.4 Å². The van der Waals surface area contributed by atoms with Gasteiger partial charge in [-0.2, -0.15) is 4.98 Å². The number of benzene rings is 3. The number of fused-ring (bicyclic) bond motifs is 2. The van der Waals surface area contributed by atoms with Crippen LogP contribution in [-0.4, -0.2) is 115 Å². The first kappa shape index (κ1) is 48.8. The predicted octanol–water partition coefficient (Wildman–Crippen LogP) is 6.26. The molecule has 3 aromatic carbocycles. The molecular formula is C50H60BrN12O6P. The number of piperidine rings is 3. The largest absolute Gasteiger partial charge is 0.494 e. The maximum absolute atomic E-state index is 13.6. The van der Waals surface area contributed by atoms with Gasteiger partial charge in [0.25, 0.3) is 0 Å². The van der Waals surface area contributed by atoms with Crippen molar-refractivity contribution >= 4 is 103 Å². The first-order valence-corrected chi connectivity index (χ1v) is 27.3.